The SMILES string of the molecule is Cc1cccc(-c2nc3n(c2-c2ccnc(-c4nc5c(n4N4CCC(O)CC4)CN(C(=O)N4Cc6nc(-c7cc(-c8c(-c9cccc(C)n9)nc9n8CCC9)ccn7)n(N7CCC(O)CC7)c6C4)C5)c2)CCC3)n1. The summed E-state index contributed by atoms with van der Waals surface area (Å²) in [7, 11) is 0. The van der Waals surface area contributed by atoms with Crippen molar-refractivity contribution in [1.29, 1.82) is 0 Å². The largest absolute Gasteiger partial charge is 0.393 e. The van der Waals surface area contributed by atoms with Gasteiger partial charge < -0.3 is 39.2 Å². The van der Waals surface area contributed by atoms with E-state index in [0.29, 0.717) is 78.0 Å². The summed E-state index contributed by atoms with van der Waals surface area (Å²) in [5.74, 6) is 3.59. The van der Waals surface area contributed by atoms with Crippen LogP contribution in [-0.4, -0.2) is 123 Å². The average Bonchev–Trinajstić information content (AvgIpc) is 4.28. The number of pyridine rings is 4. The van der Waals surface area contributed by atoms with Crippen LogP contribution in [0, 0.1) is 13.8 Å². The molecule has 14 heterocycles. The van der Waals surface area contributed by atoms with Crippen molar-refractivity contribution in [3.05, 3.63) is 119 Å². The van der Waals surface area contributed by atoms with Crippen molar-refractivity contribution in [2.45, 2.75) is 117 Å². The lowest BCUT2D eigenvalue weighted by Crippen LogP contribution is -2.45. The van der Waals surface area contributed by atoms with E-state index < -0.39 is 0 Å². The Hall–Kier alpha value is -7.77. The number of hydrogen-bond donors (Lipinski definition) is 2. The number of carbonyl (C=O) groups is 1. The van der Waals surface area contributed by atoms with Gasteiger partial charge in [-0.05, 0) is 101 Å². The zero-order valence-corrected chi connectivity index (χ0v) is 41.8. The molecule has 6 aliphatic heterocycles. The summed E-state index contributed by atoms with van der Waals surface area (Å²) in [6, 6.07) is 20.4. The number of amides is 2. The molecule has 19 nitrogen and oxygen atoms in total. The first kappa shape index (κ1) is 44.9. The number of nitrogens with zero attached hydrogens (tertiary/aromatic N) is 16. The van der Waals surface area contributed by atoms with E-state index in [4.69, 9.17) is 39.9 Å². The maximum atomic E-state index is 14.9. The summed E-state index contributed by atoms with van der Waals surface area (Å²) in [5.41, 5.74) is 14.5. The monoisotopic (exact) mass is 990 g/mol. The molecule has 74 heavy (non-hydrogen) atoms. The van der Waals surface area contributed by atoms with Crippen LogP contribution in [0.5, 0.6) is 0 Å². The minimum atomic E-state index is -0.364. The van der Waals surface area contributed by atoms with Crippen LogP contribution in [0.25, 0.3) is 68.3 Å². The number of rotatable bonds is 8. The minimum absolute atomic E-state index is 0.0793. The number of aromatic nitrogens is 12. The molecule has 6 aliphatic rings. The van der Waals surface area contributed by atoms with Crippen molar-refractivity contribution < 1.29 is 15.0 Å². The molecule has 8 aromatic rings. The van der Waals surface area contributed by atoms with Crippen molar-refractivity contribution in [3.8, 4) is 68.3 Å². The number of aryl methyl sites for hydroxylation is 4. The van der Waals surface area contributed by atoms with Crippen LogP contribution < -0.4 is 10.0 Å². The molecule has 0 saturated carbocycles. The van der Waals surface area contributed by atoms with E-state index >= 15 is 0 Å². The second-order valence-corrected chi connectivity index (χ2v) is 20.8. The molecule has 0 bridgehead atoms. The van der Waals surface area contributed by atoms with Gasteiger partial charge in [0.25, 0.3) is 0 Å². The molecule has 0 spiro atoms. The molecule has 14 rings (SSSR count). The third-order valence-corrected chi connectivity index (χ3v) is 15.9. The number of aliphatic hydroxyl groups is 2. The van der Waals surface area contributed by atoms with Crippen LogP contribution in [0.3, 0.4) is 0 Å². The predicted molar refractivity (Wildman–Crippen MR) is 276 cm³/mol. The van der Waals surface area contributed by atoms with Crippen LogP contribution in [0.1, 0.15) is 84.3 Å². The number of fused-ring (bicyclic) bond motifs is 4. The Bertz CT molecular complexity index is 3290. The summed E-state index contributed by atoms with van der Waals surface area (Å²) < 4.78 is 9.01. The summed E-state index contributed by atoms with van der Waals surface area (Å²) in [4.78, 5) is 59.2. The van der Waals surface area contributed by atoms with Gasteiger partial charge >= 0.3 is 6.03 Å². The summed E-state index contributed by atoms with van der Waals surface area (Å²) in [6.07, 6.45) is 9.45. The van der Waals surface area contributed by atoms with Crippen LogP contribution in [0.2, 0.25) is 0 Å². The average molecular weight is 991 g/mol. The maximum absolute atomic E-state index is 14.9. The first-order valence-electron chi connectivity index (χ1n) is 26.3. The van der Waals surface area contributed by atoms with Gasteiger partial charge in [-0.25, -0.2) is 34.1 Å². The second kappa shape index (κ2) is 17.7. The highest BCUT2D eigenvalue weighted by Gasteiger charge is 2.40. The fraction of sp³-hybridized carbons (Fsp3) is 0.400. The fourth-order valence-corrected chi connectivity index (χ4v) is 12.2. The van der Waals surface area contributed by atoms with Gasteiger partial charge in [0.1, 0.15) is 34.4 Å². The van der Waals surface area contributed by atoms with Crippen LogP contribution in [-0.2, 0) is 52.1 Å². The lowest BCUT2D eigenvalue weighted by Gasteiger charge is -2.35. The maximum Gasteiger partial charge on any atom is 0.321 e. The van der Waals surface area contributed by atoms with Gasteiger partial charge in [-0.3, -0.25) is 19.9 Å². The number of imidazole rings is 4. The Balaban J connectivity index is 0.771. The van der Waals surface area contributed by atoms with Gasteiger partial charge in [-0.2, -0.15) is 0 Å². The molecule has 376 valence electrons. The lowest BCUT2D eigenvalue weighted by atomic mass is 10.1. The van der Waals surface area contributed by atoms with Crippen molar-refractivity contribution >= 4 is 6.03 Å². The van der Waals surface area contributed by atoms with E-state index in [1.165, 1.54) is 0 Å². The highest BCUT2D eigenvalue weighted by atomic mass is 16.3. The quantitative estimate of drug-likeness (QED) is 0.175. The number of aliphatic hydroxyl groups excluding tert-OH is 2. The molecule has 2 saturated heterocycles. The topological polar surface area (TPSA) is 193 Å². The van der Waals surface area contributed by atoms with Crippen LogP contribution in [0.15, 0.2) is 73.1 Å². The minimum Gasteiger partial charge on any atom is -0.393 e. The zero-order valence-electron chi connectivity index (χ0n) is 41.8. The Kier molecular flexibility index (Phi) is 10.8. The number of hydrogen-bond acceptors (Lipinski definition) is 13. The number of urea groups is 1. The van der Waals surface area contributed by atoms with Crippen LogP contribution in [0.4, 0.5) is 4.79 Å². The smallest absolute Gasteiger partial charge is 0.321 e. The van der Waals surface area contributed by atoms with E-state index in [0.717, 1.165) is 153 Å². The molecule has 0 radical (unpaired) electrons. The van der Waals surface area contributed by atoms with Crippen molar-refractivity contribution in [2.24, 2.45) is 0 Å². The molecule has 19 heteroatoms. The van der Waals surface area contributed by atoms with Crippen molar-refractivity contribution in [1.82, 2.24) is 68.2 Å². The lowest BCUT2D eigenvalue weighted by molar-refractivity contribution is 0.137. The molecule has 0 unspecified atom stereocenters. The normalized spacial score (nSPS) is 17.7. The van der Waals surface area contributed by atoms with Gasteiger partial charge in [0, 0.05) is 87.0 Å². The first-order valence-corrected chi connectivity index (χ1v) is 26.3. The molecule has 2 N–H and O–H groups in total. The highest BCUT2D eigenvalue weighted by Crippen LogP contribution is 2.40. The van der Waals surface area contributed by atoms with Gasteiger partial charge in [-0.1, -0.05) is 12.1 Å². The second-order valence-electron chi connectivity index (χ2n) is 20.8. The van der Waals surface area contributed by atoms with Gasteiger partial charge in [0.2, 0.25) is 0 Å². The van der Waals surface area contributed by atoms with E-state index in [1.54, 1.807) is 0 Å². The Morgan fingerprint density at radius 2 is 0.973 bits per heavy atom. The van der Waals surface area contributed by atoms with E-state index in [-0.39, 0.29) is 18.2 Å². The molecule has 0 atom stereocenters. The van der Waals surface area contributed by atoms with Crippen molar-refractivity contribution in [2.75, 3.05) is 36.2 Å². The van der Waals surface area contributed by atoms with E-state index in [1.807, 2.05) is 72.4 Å². The molecule has 2 amide bonds. The third kappa shape index (κ3) is 7.57. The number of piperidine rings is 2. The molecule has 2 fully saturated rings. The fourth-order valence-electron chi connectivity index (χ4n) is 12.2. The molecular formula is C55H58N16O3. The molecular weight excluding hydrogens is 933 g/mol. The first-order chi connectivity index (χ1) is 36.2. The van der Waals surface area contributed by atoms with Gasteiger partial charge in [-0.15, -0.1) is 0 Å². The number of carbonyl (C=O) groups excluding carboxylic acids is 1. The summed E-state index contributed by atoms with van der Waals surface area (Å²) in [5, 5.41) is 25.8. The molecule has 0 aliphatic carbocycles. The Morgan fingerprint density at radius 3 is 1.41 bits per heavy atom. The molecule has 0 aromatic carbocycles. The van der Waals surface area contributed by atoms with Gasteiger partial charge in [0.15, 0.2) is 11.6 Å². The van der Waals surface area contributed by atoms with Crippen molar-refractivity contribution in [3.63, 3.8) is 0 Å². The predicted octanol–water partition coefficient (Wildman–Crippen LogP) is 6.20. The molecule has 8 aromatic heterocycles. The third-order valence-electron chi connectivity index (χ3n) is 15.9. The standard InChI is InChI=1S/C55H58N16O3/c1-33-7-3-9-39(58-33)49-51(68-21-5-11-47(68)62-49)35-13-19-56-41(27-35)53-60-43-29-64(31-45(43)70(53)66-23-15-37(72)16-24-66)55(74)65-30-44-46(32-65)71(67-25-17-38(73)18-26-67)54(61-44)42-28-36(14-20-57-42)52-50(40-10-4-8-34(2)59-40)63-48-12-6-22-69(48)52/h3-4,7-10,13-14,19-20,27-28,37-38,72-73H,5-6,11-12,15-18,21-26,29-32H2,1-2H3. The Morgan fingerprint density at radius 1 is 0.527 bits per heavy atom. The zero-order chi connectivity index (χ0) is 49.8. The van der Waals surface area contributed by atoms with E-state index in [2.05, 4.69) is 52.8 Å². The van der Waals surface area contributed by atoms with Crippen LogP contribution >= 0.6 is 0 Å². The highest BCUT2D eigenvalue weighted by molar-refractivity contribution is 5.81. The van der Waals surface area contributed by atoms with Gasteiger partial charge in [0.05, 0.1) is 83.9 Å². The summed E-state index contributed by atoms with van der Waals surface area (Å²) in [6.45, 7) is 9.81. The van der Waals surface area contributed by atoms with E-state index in [9.17, 15) is 15.0 Å². The Labute approximate surface area is 427 Å². The summed E-state index contributed by atoms with van der Waals surface area (Å²) >= 11 is 0.